The second kappa shape index (κ2) is 16.0. The molecule has 2 aliphatic rings. The minimum atomic E-state index is -0.989. The number of nitrogens with one attached hydrogen (secondary N) is 1. The maximum Gasteiger partial charge on any atom is 0.303 e. The summed E-state index contributed by atoms with van der Waals surface area (Å²) in [5, 5.41) is 21.2. The van der Waals surface area contributed by atoms with Crippen molar-refractivity contribution < 1.29 is 29.3 Å². The van der Waals surface area contributed by atoms with Crippen LogP contribution in [-0.2, 0) is 32.2 Å². The van der Waals surface area contributed by atoms with Crippen LogP contribution in [0.4, 0.5) is 0 Å². The van der Waals surface area contributed by atoms with Gasteiger partial charge in [0.05, 0.1) is 25.2 Å². The summed E-state index contributed by atoms with van der Waals surface area (Å²) in [7, 11) is 0. The van der Waals surface area contributed by atoms with Gasteiger partial charge in [-0.2, -0.15) is 0 Å². The lowest BCUT2D eigenvalue weighted by molar-refractivity contribution is -0.253. The van der Waals surface area contributed by atoms with Gasteiger partial charge in [-0.3, -0.25) is 14.5 Å². The molecule has 3 aromatic carbocycles. The van der Waals surface area contributed by atoms with Gasteiger partial charge in [0.15, 0.2) is 6.29 Å². The van der Waals surface area contributed by atoms with Crippen LogP contribution in [-0.4, -0.2) is 52.2 Å². The molecule has 0 spiro atoms. The lowest BCUT2D eigenvalue weighted by Crippen LogP contribution is -2.43. The highest BCUT2D eigenvalue weighted by Gasteiger charge is 2.34. The van der Waals surface area contributed by atoms with Crippen LogP contribution in [0.15, 0.2) is 85.5 Å². The number of carbonyl (C=O) groups is 2. The highest BCUT2D eigenvalue weighted by Crippen LogP contribution is 2.39. The average Bonchev–Trinajstić information content (AvgIpc) is 3.62. The number of carboxylic acid groups (broad SMARTS) is 1. The van der Waals surface area contributed by atoms with Gasteiger partial charge in [-0.25, -0.2) is 0 Å². The number of aliphatic hydroxyl groups is 1. The first-order valence-corrected chi connectivity index (χ1v) is 16.0. The number of rotatable bonds is 14. The Hall–Kier alpha value is -3.82. The van der Waals surface area contributed by atoms with Gasteiger partial charge in [-0.05, 0) is 40.7 Å². The summed E-state index contributed by atoms with van der Waals surface area (Å²) in [6.07, 6.45) is 6.70. The van der Waals surface area contributed by atoms with Crippen molar-refractivity contribution in [1.82, 2.24) is 10.2 Å². The molecule has 1 aliphatic carbocycles. The van der Waals surface area contributed by atoms with E-state index >= 15 is 0 Å². The Kier molecular flexibility index (Phi) is 11.5. The van der Waals surface area contributed by atoms with Crippen molar-refractivity contribution in [1.29, 1.82) is 0 Å². The van der Waals surface area contributed by atoms with E-state index in [-0.39, 0.29) is 37.6 Å². The number of benzene rings is 3. The molecule has 1 aliphatic heterocycles. The maximum atomic E-state index is 12.1. The van der Waals surface area contributed by atoms with Crippen LogP contribution in [0.5, 0.6) is 0 Å². The minimum absolute atomic E-state index is 0.00460. The predicted molar refractivity (Wildman–Crippen MR) is 173 cm³/mol. The third-order valence-electron chi connectivity index (χ3n) is 8.81. The largest absolute Gasteiger partial charge is 0.481 e. The molecule has 238 valence electrons. The number of amides is 1. The summed E-state index contributed by atoms with van der Waals surface area (Å²) in [4.78, 5) is 25.5. The lowest BCUT2D eigenvalue weighted by Gasteiger charge is -2.39. The molecule has 3 N–H and O–H groups in total. The molecule has 3 atom stereocenters. The van der Waals surface area contributed by atoms with Crippen molar-refractivity contribution in [2.45, 2.75) is 82.6 Å². The van der Waals surface area contributed by atoms with Crippen molar-refractivity contribution in [3.63, 3.8) is 0 Å². The molecule has 45 heavy (non-hydrogen) atoms. The second-order valence-electron chi connectivity index (χ2n) is 12.0. The highest BCUT2D eigenvalue weighted by molar-refractivity contribution is 5.80. The highest BCUT2D eigenvalue weighted by atomic mass is 16.7. The summed E-state index contributed by atoms with van der Waals surface area (Å²) >= 11 is 0. The van der Waals surface area contributed by atoms with E-state index in [1.807, 2.05) is 78.9 Å². The Morgan fingerprint density at radius 2 is 1.64 bits per heavy atom. The van der Waals surface area contributed by atoms with Crippen LogP contribution in [0.3, 0.4) is 0 Å². The van der Waals surface area contributed by atoms with Crippen molar-refractivity contribution in [2.24, 2.45) is 0 Å². The van der Waals surface area contributed by atoms with Crippen LogP contribution >= 0.6 is 0 Å². The number of hydrogen-bond donors (Lipinski definition) is 3. The maximum absolute atomic E-state index is 12.1. The van der Waals surface area contributed by atoms with Crippen LogP contribution in [0.2, 0.25) is 0 Å². The van der Waals surface area contributed by atoms with Crippen LogP contribution in [0.25, 0.3) is 11.1 Å². The fourth-order valence-corrected chi connectivity index (χ4v) is 6.38. The van der Waals surface area contributed by atoms with Crippen LogP contribution in [0, 0.1) is 0 Å². The van der Waals surface area contributed by atoms with Crippen molar-refractivity contribution >= 4 is 11.9 Å². The third kappa shape index (κ3) is 8.89. The van der Waals surface area contributed by atoms with E-state index in [0.29, 0.717) is 12.6 Å². The molecule has 3 aromatic rings. The first-order chi connectivity index (χ1) is 21.9. The molecule has 1 amide bonds. The molecule has 2 fully saturated rings. The van der Waals surface area contributed by atoms with Gasteiger partial charge in [0.25, 0.3) is 0 Å². The van der Waals surface area contributed by atoms with Crippen molar-refractivity contribution in [3.8, 4) is 11.1 Å². The number of carbonyl (C=O) groups excluding carboxylic acids is 1. The summed E-state index contributed by atoms with van der Waals surface area (Å²) in [6.45, 7) is 5.97. The molecule has 8 heteroatoms. The van der Waals surface area contributed by atoms with Gasteiger partial charge in [0, 0.05) is 44.1 Å². The van der Waals surface area contributed by atoms with E-state index in [0.717, 1.165) is 52.9 Å². The Balaban J connectivity index is 1.33. The Bertz CT molecular complexity index is 1420. The molecule has 1 heterocycles. The third-order valence-corrected chi connectivity index (χ3v) is 8.81. The quantitative estimate of drug-likeness (QED) is 0.183. The SMILES string of the molecule is C=CCN(C[C@@H]1C[C@H](c2ccc(CO)cc2)O[C@H](c2ccc(-c3ccccc3CNC(=O)CCC(=O)O)cc2)O1)C1CCCC1. The van der Waals surface area contributed by atoms with Crippen LogP contribution < -0.4 is 5.32 Å². The fraction of sp³-hybridized carbons (Fsp3) is 0.405. The van der Waals surface area contributed by atoms with Gasteiger partial charge in [-0.15, -0.1) is 6.58 Å². The number of hydrogen-bond acceptors (Lipinski definition) is 6. The van der Waals surface area contributed by atoms with Gasteiger partial charge in [-0.1, -0.05) is 91.7 Å². The normalized spacial score (nSPS) is 20.3. The first kappa shape index (κ1) is 32.6. The predicted octanol–water partition coefficient (Wildman–Crippen LogP) is 6.30. The minimum Gasteiger partial charge on any atom is -0.481 e. The summed E-state index contributed by atoms with van der Waals surface area (Å²) in [5.41, 5.74) is 5.79. The molecule has 1 saturated heterocycles. The standard InChI is InChI=1S/C37H44N2O6/c1-2-21-39(31-8-4-5-9-31)24-32-22-34(28-13-11-26(25-40)12-14-28)45-37(44-32)29-17-15-27(16-18-29)33-10-6-3-7-30(33)23-38-35(41)19-20-36(42)43/h2-3,6-7,10-18,31-32,34,37,40H,1,4-5,8-9,19-25H2,(H,38,41)(H,42,43)/t32-,34+,37+/m0/s1. The summed E-state index contributed by atoms with van der Waals surface area (Å²) in [6, 6.07) is 24.5. The number of carboxylic acids is 1. The summed E-state index contributed by atoms with van der Waals surface area (Å²) < 4.78 is 13.2. The van der Waals surface area contributed by atoms with E-state index in [1.54, 1.807) is 0 Å². The molecule has 1 saturated carbocycles. The zero-order chi connectivity index (χ0) is 31.6. The molecule has 8 nitrogen and oxygen atoms in total. The number of nitrogens with zero attached hydrogens (tertiary/aromatic N) is 1. The fourth-order valence-electron chi connectivity index (χ4n) is 6.38. The topological polar surface area (TPSA) is 108 Å². The molecule has 0 bridgehead atoms. The van der Waals surface area contributed by atoms with Crippen molar-refractivity contribution in [2.75, 3.05) is 13.1 Å². The monoisotopic (exact) mass is 612 g/mol. The zero-order valence-corrected chi connectivity index (χ0v) is 25.8. The molecule has 5 rings (SSSR count). The Morgan fingerprint density at radius 3 is 2.33 bits per heavy atom. The second-order valence-corrected chi connectivity index (χ2v) is 12.0. The molecule has 0 aromatic heterocycles. The zero-order valence-electron chi connectivity index (χ0n) is 25.8. The van der Waals surface area contributed by atoms with Gasteiger partial charge in [0.2, 0.25) is 5.91 Å². The number of ether oxygens (including phenoxy) is 2. The van der Waals surface area contributed by atoms with Crippen LogP contribution in [0.1, 0.15) is 79.6 Å². The van der Waals surface area contributed by atoms with E-state index in [1.165, 1.54) is 25.7 Å². The Labute approximate surface area is 265 Å². The molecule has 0 unspecified atom stereocenters. The first-order valence-electron chi connectivity index (χ1n) is 16.0. The molecule has 0 radical (unpaired) electrons. The van der Waals surface area contributed by atoms with Gasteiger partial charge >= 0.3 is 5.97 Å². The molecular formula is C37H44N2O6. The van der Waals surface area contributed by atoms with E-state index in [4.69, 9.17) is 14.6 Å². The summed E-state index contributed by atoms with van der Waals surface area (Å²) in [5.74, 6) is -1.28. The number of aliphatic hydroxyl groups excluding tert-OH is 1. The van der Waals surface area contributed by atoms with E-state index in [2.05, 4.69) is 16.8 Å². The van der Waals surface area contributed by atoms with E-state index < -0.39 is 12.3 Å². The van der Waals surface area contributed by atoms with Gasteiger partial charge < -0.3 is 25.0 Å². The van der Waals surface area contributed by atoms with Gasteiger partial charge in [0.1, 0.15) is 0 Å². The smallest absolute Gasteiger partial charge is 0.303 e. The average molecular weight is 613 g/mol. The Morgan fingerprint density at radius 1 is 0.933 bits per heavy atom. The lowest BCUT2D eigenvalue weighted by atomic mass is 9.97. The molecular weight excluding hydrogens is 568 g/mol. The van der Waals surface area contributed by atoms with E-state index in [9.17, 15) is 14.7 Å². The van der Waals surface area contributed by atoms with Crippen molar-refractivity contribution in [3.05, 3.63) is 108 Å². The number of aliphatic carboxylic acids is 1.